The number of hydrogen-bond donors (Lipinski definition) is 2. The monoisotopic (exact) mass is 341 g/mol. The minimum atomic E-state index is -0.889. The Bertz CT molecular complexity index is 447. The minimum absolute atomic E-state index is 0.230. The molecule has 2 fully saturated rings. The van der Waals surface area contributed by atoms with Gasteiger partial charge in [0, 0.05) is 32.5 Å². The molecule has 7 heteroatoms. The summed E-state index contributed by atoms with van der Waals surface area (Å²) >= 11 is 0. The maximum Gasteiger partial charge on any atom is 0.410 e. The summed E-state index contributed by atoms with van der Waals surface area (Å²) in [4.78, 5) is 27.8. The number of likely N-dealkylation sites (tertiary alicyclic amines) is 1. The molecule has 0 radical (unpaired) electrons. The van der Waals surface area contributed by atoms with Crippen molar-refractivity contribution in [1.82, 2.24) is 9.80 Å². The van der Waals surface area contributed by atoms with Gasteiger partial charge in [0.25, 0.3) is 0 Å². The second kappa shape index (κ2) is 8.16. The fraction of sp³-hybridized carbons (Fsp3) is 0.882. The van der Waals surface area contributed by atoms with Crippen LogP contribution in [0.5, 0.6) is 0 Å². The number of piperidine rings is 1. The quantitative estimate of drug-likeness (QED) is 0.676. The van der Waals surface area contributed by atoms with Crippen LogP contribution in [0, 0.1) is 0 Å². The van der Waals surface area contributed by atoms with E-state index >= 15 is 0 Å². The summed E-state index contributed by atoms with van der Waals surface area (Å²) in [6, 6.07) is -0.889. The van der Waals surface area contributed by atoms with Crippen LogP contribution in [0.3, 0.4) is 0 Å². The molecule has 2 aliphatic heterocycles. The SMILES string of the molecule is CCCCCCN1CC2(CCN(C(=O)[C@@H](N)[C@@H](C)O)CC2)OC1=O. The van der Waals surface area contributed by atoms with Crippen LogP contribution in [-0.4, -0.2) is 70.8 Å². The van der Waals surface area contributed by atoms with Crippen LogP contribution < -0.4 is 5.73 Å². The van der Waals surface area contributed by atoms with Crippen molar-refractivity contribution in [2.45, 2.75) is 70.1 Å². The normalized spacial score (nSPS) is 22.6. The molecule has 24 heavy (non-hydrogen) atoms. The molecule has 0 bridgehead atoms. The van der Waals surface area contributed by atoms with E-state index in [0.29, 0.717) is 32.5 Å². The third-order valence-electron chi connectivity index (χ3n) is 5.11. The lowest BCUT2D eigenvalue weighted by Gasteiger charge is -2.38. The molecule has 2 amide bonds. The maximum absolute atomic E-state index is 12.2. The lowest BCUT2D eigenvalue weighted by molar-refractivity contribution is -0.138. The molecule has 0 aromatic rings. The van der Waals surface area contributed by atoms with Gasteiger partial charge in [-0.1, -0.05) is 26.2 Å². The standard InChI is InChI=1S/C17H31N3O4/c1-3-4-5-6-9-20-12-17(24-16(20)23)7-10-19(11-8-17)15(22)14(18)13(2)21/h13-14,21H,3-12,18H2,1-2H3/t13-,14+/m1/s1. The van der Waals surface area contributed by atoms with Crippen LogP contribution in [0.15, 0.2) is 0 Å². The minimum Gasteiger partial charge on any atom is -0.441 e. The van der Waals surface area contributed by atoms with Crippen LogP contribution in [0.4, 0.5) is 4.79 Å². The van der Waals surface area contributed by atoms with Crippen LogP contribution >= 0.6 is 0 Å². The van der Waals surface area contributed by atoms with Crippen molar-refractivity contribution in [2.75, 3.05) is 26.2 Å². The van der Waals surface area contributed by atoms with Gasteiger partial charge < -0.3 is 25.4 Å². The summed E-state index contributed by atoms with van der Waals surface area (Å²) in [6.07, 6.45) is 4.66. The van der Waals surface area contributed by atoms with E-state index in [1.807, 2.05) is 0 Å². The molecule has 7 nitrogen and oxygen atoms in total. The smallest absolute Gasteiger partial charge is 0.410 e. The van der Waals surface area contributed by atoms with Gasteiger partial charge in [-0.3, -0.25) is 4.79 Å². The van der Waals surface area contributed by atoms with E-state index < -0.39 is 17.7 Å². The summed E-state index contributed by atoms with van der Waals surface area (Å²) in [7, 11) is 0. The molecule has 1 spiro atoms. The number of carbonyl (C=O) groups excluding carboxylic acids is 2. The van der Waals surface area contributed by atoms with Crippen molar-refractivity contribution in [1.29, 1.82) is 0 Å². The van der Waals surface area contributed by atoms with E-state index in [1.165, 1.54) is 19.8 Å². The second-order valence-corrected chi connectivity index (χ2v) is 7.12. The molecule has 2 saturated heterocycles. The molecule has 138 valence electrons. The van der Waals surface area contributed by atoms with Gasteiger partial charge in [-0.05, 0) is 13.3 Å². The van der Waals surface area contributed by atoms with Crippen LogP contribution in [0.1, 0.15) is 52.4 Å². The largest absolute Gasteiger partial charge is 0.441 e. The Morgan fingerprint density at radius 2 is 2.00 bits per heavy atom. The van der Waals surface area contributed by atoms with Crippen molar-refractivity contribution < 1.29 is 19.4 Å². The summed E-state index contributed by atoms with van der Waals surface area (Å²) < 4.78 is 5.66. The van der Waals surface area contributed by atoms with Gasteiger partial charge in [-0.25, -0.2) is 4.79 Å². The first-order valence-corrected chi connectivity index (χ1v) is 9.09. The molecule has 0 unspecified atom stereocenters. The first kappa shape index (κ1) is 19.0. The third kappa shape index (κ3) is 4.39. The number of amides is 2. The average molecular weight is 341 g/mol. The molecular formula is C17H31N3O4. The molecule has 0 aliphatic carbocycles. The van der Waals surface area contributed by atoms with Gasteiger partial charge in [0.1, 0.15) is 11.6 Å². The highest BCUT2D eigenvalue weighted by Gasteiger charge is 2.47. The predicted molar refractivity (Wildman–Crippen MR) is 90.4 cm³/mol. The Morgan fingerprint density at radius 3 is 2.58 bits per heavy atom. The molecule has 2 heterocycles. The van der Waals surface area contributed by atoms with Crippen LogP contribution in [0.2, 0.25) is 0 Å². The molecule has 0 aromatic heterocycles. The Balaban J connectivity index is 1.83. The van der Waals surface area contributed by atoms with Gasteiger partial charge >= 0.3 is 6.09 Å². The summed E-state index contributed by atoms with van der Waals surface area (Å²) in [6.45, 7) is 6.06. The Morgan fingerprint density at radius 1 is 1.33 bits per heavy atom. The van der Waals surface area contributed by atoms with Crippen LogP contribution in [0.25, 0.3) is 0 Å². The highest BCUT2D eigenvalue weighted by Crippen LogP contribution is 2.33. The fourth-order valence-corrected chi connectivity index (χ4v) is 3.41. The van der Waals surface area contributed by atoms with E-state index in [0.717, 1.165) is 19.4 Å². The number of ether oxygens (including phenoxy) is 1. The Labute approximate surface area is 144 Å². The molecule has 3 N–H and O–H groups in total. The molecule has 0 saturated carbocycles. The van der Waals surface area contributed by atoms with Gasteiger partial charge in [0.05, 0.1) is 12.6 Å². The van der Waals surface area contributed by atoms with E-state index in [4.69, 9.17) is 10.5 Å². The second-order valence-electron chi connectivity index (χ2n) is 7.12. The average Bonchev–Trinajstić information content (AvgIpc) is 2.86. The van der Waals surface area contributed by atoms with Gasteiger partial charge in [0.2, 0.25) is 5.91 Å². The molecule has 2 aliphatic rings. The number of aliphatic hydroxyl groups excluding tert-OH is 1. The molecule has 2 atom stereocenters. The van der Waals surface area contributed by atoms with Crippen LogP contribution in [-0.2, 0) is 9.53 Å². The van der Waals surface area contributed by atoms with E-state index in [-0.39, 0.29) is 12.0 Å². The summed E-state index contributed by atoms with van der Waals surface area (Å²) in [5, 5.41) is 9.47. The third-order valence-corrected chi connectivity index (χ3v) is 5.11. The Hall–Kier alpha value is -1.34. The highest BCUT2D eigenvalue weighted by atomic mass is 16.6. The van der Waals surface area contributed by atoms with E-state index in [2.05, 4.69) is 6.92 Å². The van der Waals surface area contributed by atoms with Crippen molar-refractivity contribution in [2.24, 2.45) is 5.73 Å². The number of aliphatic hydroxyl groups is 1. The van der Waals surface area contributed by atoms with E-state index in [9.17, 15) is 14.7 Å². The van der Waals surface area contributed by atoms with Crippen molar-refractivity contribution >= 4 is 12.0 Å². The zero-order valence-electron chi connectivity index (χ0n) is 14.9. The maximum atomic E-state index is 12.2. The number of nitrogens with two attached hydrogens (primary N) is 1. The number of nitrogens with zero attached hydrogens (tertiary/aromatic N) is 2. The van der Waals surface area contributed by atoms with Gasteiger partial charge in [-0.15, -0.1) is 0 Å². The molecular weight excluding hydrogens is 310 g/mol. The first-order valence-electron chi connectivity index (χ1n) is 9.09. The zero-order chi connectivity index (χ0) is 17.7. The molecule has 2 rings (SSSR count). The van der Waals surface area contributed by atoms with E-state index in [1.54, 1.807) is 9.80 Å². The molecule has 0 aromatic carbocycles. The van der Waals surface area contributed by atoms with Gasteiger partial charge in [0.15, 0.2) is 0 Å². The number of carbonyl (C=O) groups is 2. The van der Waals surface area contributed by atoms with Crippen molar-refractivity contribution in [3.8, 4) is 0 Å². The number of hydrogen-bond acceptors (Lipinski definition) is 5. The number of rotatable bonds is 7. The Kier molecular flexibility index (Phi) is 6.46. The topological polar surface area (TPSA) is 96.1 Å². The first-order chi connectivity index (χ1) is 11.4. The summed E-state index contributed by atoms with van der Waals surface area (Å²) in [5.74, 6) is -0.236. The summed E-state index contributed by atoms with van der Waals surface area (Å²) in [5.41, 5.74) is 5.26. The lowest BCUT2D eigenvalue weighted by Crippen LogP contribution is -2.55. The highest BCUT2D eigenvalue weighted by molar-refractivity contribution is 5.82. The zero-order valence-corrected chi connectivity index (χ0v) is 14.9. The van der Waals surface area contributed by atoms with Crippen molar-refractivity contribution in [3.63, 3.8) is 0 Å². The predicted octanol–water partition coefficient (Wildman–Crippen LogP) is 1.09. The van der Waals surface area contributed by atoms with Gasteiger partial charge in [-0.2, -0.15) is 0 Å². The lowest BCUT2D eigenvalue weighted by atomic mass is 9.90. The van der Waals surface area contributed by atoms with Crippen molar-refractivity contribution in [3.05, 3.63) is 0 Å². The fourth-order valence-electron chi connectivity index (χ4n) is 3.41. The number of unbranched alkanes of at least 4 members (excludes halogenated alkanes) is 3.